The van der Waals surface area contributed by atoms with Crippen LogP contribution < -0.4 is 0 Å². The predicted molar refractivity (Wildman–Crippen MR) is 63.7 cm³/mol. The molecule has 0 atom stereocenters. The number of halogens is 2. The third kappa shape index (κ3) is 2.96. The van der Waals surface area contributed by atoms with Crippen molar-refractivity contribution in [2.75, 3.05) is 7.05 Å². The van der Waals surface area contributed by atoms with Gasteiger partial charge >= 0.3 is 0 Å². The van der Waals surface area contributed by atoms with Gasteiger partial charge in [-0.05, 0) is 5.70 Å². The van der Waals surface area contributed by atoms with E-state index in [1.54, 1.807) is 18.0 Å². The predicted octanol–water partition coefficient (Wildman–Crippen LogP) is 3.51. The van der Waals surface area contributed by atoms with Crippen LogP contribution in [-0.2, 0) is 32.7 Å². The second kappa shape index (κ2) is 5.90. The van der Waals surface area contributed by atoms with Gasteiger partial charge in [-0.25, -0.2) is 8.78 Å². The van der Waals surface area contributed by atoms with E-state index in [-0.39, 0.29) is 32.7 Å². The summed E-state index contributed by atoms with van der Waals surface area (Å²) in [4.78, 5) is 1.77. The minimum Gasteiger partial charge on any atom is -0.378 e. The van der Waals surface area contributed by atoms with E-state index in [1.807, 2.05) is 6.92 Å². The van der Waals surface area contributed by atoms with Gasteiger partial charge in [-0.3, -0.25) is 0 Å². The van der Waals surface area contributed by atoms with E-state index in [2.05, 4.69) is 12.7 Å². The number of rotatable bonds is 1. The van der Waals surface area contributed by atoms with Crippen molar-refractivity contribution in [3.8, 4) is 0 Å². The first kappa shape index (κ1) is 15.3. The van der Waals surface area contributed by atoms with Crippen LogP contribution in [0.5, 0.6) is 0 Å². The first-order chi connectivity index (χ1) is 7.99. The molecule has 1 nitrogen and oxygen atoms in total. The Morgan fingerprint density at radius 3 is 2.28 bits per heavy atom. The number of benzene rings is 1. The molecule has 0 fully saturated rings. The van der Waals surface area contributed by atoms with Crippen molar-refractivity contribution in [2.24, 2.45) is 0 Å². The smallest absolute Gasteiger partial charge is 0.114 e. The summed E-state index contributed by atoms with van der Waals surface area (Å²) in [7, 11) is 1.80. The Kier molecular flexibility index (Phi) is 5.00. The molecule has 0 bridgehead atoms. The molecule has 1 aliphatic rings. The van der Waals surface area contributed by atoms with Crippen LogP contribution in [0, 0.1) is 17.7 Å². The van der Waals surface area contributed by atoms with Crippen molar-refractivity contribution in [1.82, 2.24) is 4.90 Å². The molecule has 0 saturated heterocycles. The summed E-state index contributed by atoms with van der Waals surface area (Å²) in [6, 6.07) is 3.41. The minimum atomic E-state index is -0.598. The van der Waals surface area contributed by atoms with Gasteiger partial charge in [0.1, 0.15) is 11.6 Å². The molecule has 0 N–H and O–H groups in total. The molecule has 1 aromatic carbocycles. The SMILES string of the molecule is C=C1C(C)=C[C-]=C(c2cc(F)cc(F)c2)N1C.[Y]. The number of hydrogen-bond donors (Lipinski definition) is 0. The zero-order valence-corrected chi connectivity index (χ0v) is 13.1. The van der Waals surface area contributed by atoms with Gasteiger partial charge in [0, 0.05) is 45.8 Å². The molecule has 18 heavy (non-hydrogen) atoms. The van der Waals surface area contributed by atoms with Crippen LogP contribution >= 0.6 is 0 Å². The van der Waals surface area contributed by atoms with Gasteiger partial charge in [-0.2, -0.15) is 12.2 Å². The minimum absolute atomic E-state index is 0. The first-order valence-electron chi connectivity index (χ1n) is 5.19. The average molecular weight is 321 g/mol. The molecule has 0 amide bonds. The number of hydrogen-bond acceptors (Lipinski definition) is 1. The molecule has 1 aliphatic heterocycles. The van der Waals surface area contributed by atoms with E-state index in [0.717, 1.165) is 17.3 Å². The normalized spacial score (nSPS) is 14.9. The molecule has 0 unspecified atom stereocenters. The summed E-state index contributed by atoms with van der Waals surface area (Å²) < 4.78 is 26.3. The van der Waals surface area contributed by atoms with Crippen LogP contribution in [-0.4, -0.2) is 11.9 Å². The Hall–Kier alpha value is -0.796. The molecule has 0 aromatic heterocycles. The molecule has 1 radical (unpaired) electrons. The molecule has 0 saturated carbocycles. The Morgan fingerprint density at radius 2 is 1.72 bits per heavy atom. The van der Waals surface area contributed by atoms with Crippen LogP contribution in [0.4, 0.5) is 8.78 Å². The van der Waals surface area contributed by atoms with Gasteiger partial charge < -0.3 is 4.90 Å². The maximum Gasteiger partial charge on any atom is 0.114 e. The molecule has 0 aliphatic carbocycles. The zero-order valence-electron chi connectivity index (χ0n) is 10.3. The molecule has 1 aromatic rings. The third-order valence-corrected chi connectivity index (χ3v) is 2.76. The largest absolute Gasteiger partial charge is 0.378 e. The van der Waals surface area contributed by atoms with Gasteiger partial charge in [-0.15, -0.1) is 5.57 Å². The fourth-order valence-corrected chi connectivity index (χ4v) is 1.72. The van der Waals surface area contributed by atoms with Gasteiger partial charge in [0.25, 0.3) is 0 Å². The van der Waals surface area contributed by atoms with Gasteiger partial charge in [-0.1, -0.05) is 36.9 Å². The Balaban J connectivity index is 0.00000162. The Bertz CT molecular complexity index is 526. The fourth-order valence-electron chi connectivity index (χ4n) is 1.72. The van der Waals surface area contributed by atoms with Crippen molar-refractivity contribution in [1.29, 1.82) is 0 Å². The topological polar surface area (TPSA) is 3.24 Å². The number of nitrogens with zero attached hydrogens (tertiary/aromatic N) is 1. The zero-order chi connectivity index (χ0) is 12.6. The van der Waals surface area contributed by atoms with Gasteiger partial charge in [0.05, 0.1) is 0 Å². The average Bonchev–Trinajstić information content (AvgIpc) is 2.24. The molecule has 2 rings (SSSR count). The monoisotopic (exact) mass is 321 g/mol. The Labute approximate surface area is 131 Å². The first-order valence-corrected chi connectivity index (χ1v) is 5.19. The van der Waals surface area contributed by atoms with E-state index < -0.39 is 11.6 Å². The van der Waals surface area contributed by atoms with E-state index in [0.29, 0.717) is 11.3 Å². The maximum absolute atomic E-state index is 13.1. The van der Waals surface area contributed by atoms with Crippen molar-refractivity contribution < 1.29 is 41.5 Å². The third-order valence-electron chi connectivity index (χ3n) is 2.76. The standard InChI is InChI=1S/C14H12F2N.Y/c1-9-4-5-14(17(3)10(9)2)11-6-12(15)8-13(16)7-11;/h4,6-8H,2H2,1,3H3;/q-1;. The van der Waals surface area contributed by atoms with Crippen molar-refractivity contribution >= 4 is 5.70 Å². The van der Waals surface area contributed by atoms with Crippen molar-refractivity contribution in [3.05, 3.63) is 65.4 Å². The molecule has 1 heterocycles. The maximum atomic E-state index is 13.1. The molecular formula is C14H12F2NY-. The summed E-state index contributed by atoms with van der Waals surface area (Å²) >= 11 is 0. The fraction of sp³-hybridized carbons (Fsp3) is 0.143. The summed E-state index contributed by atoms with van der Waals surface area (Å²) in [5.74, 6) is -1.20. The van der Waals surface area contributed by atoms with Gasteiger partial charge in [0.2, 0.25) is 0 Å². The molecule has 0 spiro atoms. The summed E-state index contributed by atoms with van der Waals surface area (Å²) in [5, 5.41) is 0. The Morgan fingerprint density at radius 1 is 1.17 bits per heavy atom. The molecular weight excluding hydrogens is 309 g/mol. The quantitative estimate of drug-likeness (QED) is 0.716. The van der Waals surface area contributed by atoms with E-state index in [4.69, 9.17) is 0 Å². The number of allylic oxidation sites excluding steroid dienone is 3. The van der Waals surface area contributed by atoms with Gasteiger partial charge in [0.15, 0.2) is 0 Å². The van der Waals surface area contributed by atoms with Crippen LogP contribution in [0.2, 0.25) is 0 Å². The van der Waals surface area contributed by atoms with Crippen LogP contribution in [0.1, 0.15) is 12.5 Å². The second-order valence-corrected chi connectivity index (χ2v) is 3.98. The summed E-state index contributed by atoms with van der Waals surface area (Å²) in [6.45, 7) is 5.82. The summed E-state index contributed by atoms with van der Waals surface area (Å²) in [5.41, 5.74) is 2.84. The summed E-state index contributed by atoms with van der Waals surface area (Å²) in [6.07, 6.45) is 4.77. The van der Waals surface area contributed by atoms with Crippen molar-refractivity contribution in [3.63, 3.8) is 0 Å². The van der Waals surface area contributed by atoms with E-state index >= 15 is 0 Å². The van der Waals surface area contributed by atoms with E-state index in [9.17, 15) is 8.78 Å². The van der Waals surface area contributed by atoms with Crippen LogP contribution in [0.3, 0.4) is 0 Å². The van der Waals surface area contributed by atoms with E-state index in [1.165, 1.54) is 12.1 Å². The molecule has 91 valence electrons. The second-order valence-electron chi connectivity index (χ2n) is 3.98. The van der Waals surface area contributed by atoms with Crippen LogP contribution in [0.25, 0.3) is 5.70 Å². The molecule has 4 heteroatoms. The van der Waals surface area contributed by atoms with Crippen LogP contribution in [0.15, 0.2) is 42.1 Å². The number of likely N-dealkylation sites (N-methyl/N-ethyl adjacent to an activating group) is 1. The van der Waals surface area contributed by atoms with Crippen molar-refractivity contribution in [2.45, 2.75) is 6.92 Å².